The molecule has 0 bridgehead atoms. The van der Waals surface area contributed by atoms with Gasteiger partial charge in [0.25, 0.3) is 5.91 Å². The van der Waals surface area contributed by atoms with Crippen LogP contribution in [0.1, 0.15) is 38.8 Å². The molecule has 8 heteroatoms. The van der Waals surface area contributed by atoms with Gasteiger partial charge in [-0.3, -0.25) is 9.59 Å². The number of nitrogens with zero attached hydrogens (tertiary/aromatic N) is 1. The van der Waals surface area contributed by atoms with E-state index in [0.29, 0.717) is 11.1 Å². The van der Waals surface area contributed by atoms with Gasteiger partial charge in [0.2, 0.25) is 0 Å². The van der Waals surface area contributed by atoms with Gasteiger partial charge in [0.05, 0.1) is 11.6 Å². The zero-order valence-corrected chi connectivity index (χ0v) is 17.5. The highest BCUT2D eigenvalue weighted by Gasteiger charge is 2.35. The van der Waals surface area contributed by atoms with E-state index >= 15 is 0 Å². The summed E-state index contributed by atoms with van der Waals surface area (Å²) in [6.45, 7) is 0.835. The average molecular weight is 452 g/mol. The molecule has 0 aromatic heterocycles. The van der Waals surface area contributed by atoms with Crippen molar-refractivity contribution in [1.29, 1.82) is 5.26 Å². The molecule has 0 heterocycles. The van der Waals surface area contributed by atoms with Crippen LogP contribution in [0.3, 0.4) is 0 Å². The summed E-state index contributed by atoms with van der Waals surface area (Å²) >= 11 is 0. The van der Waals surface area contributed by atoms with Gasteiger partial charge in [-0.25, -0.2) is 0 Å². The van der Waals surface area contributed by atoms with Crippen LogP contribution in [0.2, 0.25) is 0 Å². The van der Waals surface area contributed by atoms with Gasteiger partial charge in [-0.2, -0.15) is 18.4 Å². The summed E-state index contributed by atoms with van der Waals surface area (Å²) in [7, 11) is 0. The number of hydrogen-bond acceptors (Lipinski definition) is 4. The second-order valence-electron chi connectivity index (χ2n) is 7.45. The molecule has 0 saturated carbocycles. The highest BCUT2D eigenvalue weighted by atomic mass is 19.4. The number of ether oxygens (including phenoxy) is 1. The van der Waals surface area contributed by atoms with E-state index in [-0.39, 0.29) is 11.3 Å². The van der Waals surface area contributed by atoms with E-state index in [1.165, 1.54) is 43.3 Å². The van der Waals surface area contributed by atoms with E-state index in [2.05, 4.69) is 5.32 Å². The maximum absolute atomic E-state index is 13.1. The number of ketones is 1. The van der Waals surface area contributed by atoms with E-state index in [1.807, 2.05) is 6.07 Å². The van der Waals surface area contributed by atoms with E-state index in [9.17, 15) is 28.0 Å². The van der Waals surface area contributed by atoms with Crippen LogP contribution >= 0.6 is 0 Å². The van der Waals surface area contributed by atoms with Gasteiger partial charge < -0.3 is 10.1 Å². The molecule has 3 rings (SSSR count). The van der Waals surface area contributed by atoms with Crippen LogP contribution in [0.5, 0.6) is 5.75 Å². The monoisotopic (exact) mass is 452 g/mol. The molecule has 0 radical (unpaired) electrons. The fourth-order valence-electron chi connectivity index (χ4n) is 3.00. The van der Waals surface area contributed by atoms with Crippen molar-refractivity contribution in [1.82, 2.24) is 5.32 Å². The van der Waals surface area contributed by atoms with Crippen molar-refractivity contribution in [3.63, 3.8) is 0 Å². The number of hydrogen-bond donors (Lipinski definition) is 1. The topological polar surface area (TPSA) is 79.2 Å². The summed E-state index contributed by atoms with van der Waals surface area (Å²) in [5.41, 5.74) is -1.52. The Hall–Kier alpha value is -4.12. The number of alkyl halides is 3. The van der Waals surface area contributed by atoms with Crippen LogP contribution in [0.15, 0.2) is 78.9 Å². The lowest BCUT2D eigenvalue weighted by Crippen LogP contribution is -2.49. The molecule has 0 spiro atoms. The zero-order chi connectivity index (χ0) is 24.1. The zero-order valence-electron chi connectivity index (χ0n) is 17.5. The van der Waals surface area contributed by atoms with Crippen molar-refractivity contribution in [3.8, 4) is 11.8 Å². The van der Waals surface area contributed by atoms with Gasteiger partial charge in [-0.15, -0.1) is 0 Å². The molecule has 3 aromatic rings. The summed E-state index contributed by atoms with van der Waals surface area (Å²) in [6, 6.07) is 21.0. The molecule has 0 aliphatic carbocycles. The quantitative estimate of drug-likeness (QED) is 0.510. The number of rotatable bonds is 7. The number of halogens is 3. The first-order chi connectivity index (χ1) is 15.6. The number of nitrogens with one attached hydrogen (secondary N) is 1. The van der Waals surface area contributed by atoms with E-state index < -0.39 is 35.5 Å². The predicted octanol–water partition coefficient (Wildman–Crippen LogP) is 5.03. The molecule has 0 fully saturated rings. The minimum Gasteiger partial charge on any atom is -0.489 e. The van der Waals surface area contributed by atoms with Crippen molar-refractivity contribution in [2.24, 2.45) is 0 Å². The molecule has 1 atom stereocenters. The predicted molar refractivity (Wildman–Crippen MR) is 115 cm³/mol. The number of carbonyl (C=O) groups excluding carboxylic acids is 2. The normalized spacial score (nSPS) is 12.8. The average Bonchev–Trinajstić information content (AvgIpc) is 2.82. The van der Waals surface area contributed by atoms with E-state index in [1.54, 1.807) is 30.3 Å². The third kappa shape index (κ3) is 5.77. The van der Waals surface area contributed by atoms with Crippen LogP contribution in [0.25, 0.3) is 0 Å². The molecule has 3 aromatic carbocycles. The van der Waals surface area contributed by atoms with Crippen molar-refractivity contribution in [3.05, 3.63) is 101 Å². The molecular weight excluding hydrogens is 433 g/mol. The summed E-state index contributed by atoms with van der Waals surface area (Å²) in [6.07, 6.45) is -4.62. The van der Waals surface area contributed by atoms with Gasteiger partial charge in [-0.05, 0) is 31.2 Å². The summed E-state index contributed by atoms with van der Waals surface area (Å²) in [5, 5.41) is 12.0. The fourth-order valence-corrected chi connectivity index (χ4v) is 3.00. The van der Waals surface area contributed by atoms with E-state index in [0.717, 1.165) is 12.1 Å². The van der Waals surface area contributed by atoms with Crippen LogP contribution in [-0.2, 0) is 6.18 Å². The molecule has 168 valence electrons. The second-order valence-corrected chi connectivity index (χ2v) is 7.45. The van der Waals surface area contributed by atoms with Gasteiger partial charge >= 0.3 is 6.18 Å². The third-order valence-electron chi connectivity index (χ3n) is 4.79. The summed E-state index contributed by atoms with van der Waals surface area (Å²) in [4.78, 5) is 25.1. The summed E-state index contributed by atoms with van der Waals surface area (Å²) in [5.74, 6) is -1.28. The number of carbonyl (C=O) groups is 2. The van der Waals surface area contributed by atoms with Gasteiger partial charge in [0.1, 0.15) is 12.4 Å². The molecule has 0 aliphatic heterocycles. The minimum absolute atomic E-state index is 0.178. The standard InChI is InChI=1S/C25H19F3N2O3/c1-24(15-29,16-33-21-10-6-5-9-20(21)25(26,27)28)30-23(32)19-13-11-18(12-14-19)22(31)17-7-3-2-4-8-17/h2-14H,16H2,1H3,(H,30,32). The van der Waals surface area contributed by atoms with Gasteiger partial charge in [0, 0.05) is 16.7 Å². The van der Waals surface area contributed by atoms with E-state index in [4.69, 9.17) is 4.74 Å². The molecule has 33 heavy (non-hydrogen) atoms. The number of benzene rings is 3. The fraction of sp³-hybridized carbons (Fsp3) is 0.160. The lowest BCUT2D eigenvalue weighted by molar-refractivity contribution is -0.139. The SMILES string of the molecule is CC(C#N)(COc1ccccc1C(F)(F)F)NC(=O)c1ccc(C(=O)c2ccccc2)cc1. The molecule has 1 unspecified atom stereocenters. The number of para-hydroxylation sites is 1. The molecular formula is C25H19F3N2O3. The highest BCUT2D eigenvalue weighted by Crippen LogP contribution is 2.36. The van der Waals surface area contributed by atoms with Crippen LogP contribution in [0.4, 0.5) is 13.2 Å². The Kier molecular flexibility index (Phi) is 6.83. The Morgan fingerprint density at radius 1 is 0.879 bits per heavy atom. The maximum atomic E-state index is 13.1. The molecule has 0 aliphatic rings. The highest BCUT2D eigenvalue weighted by molar-refractivity contribution is 6.09. The Balaban J connectivity index is 1.69. The van der Waals surface area contributed by atoms with Crippen LogP contribution < -0.4 is 10.1 Å². The van der Waals surface area contributed by atoms with Crippen molar-refractivity contribution >= 4 is 11.7 Å². The first-order valence-electron chi connectivity index (χ1n) is 9.85. The Bertz CT molecular complexity index is 1190. The second kappa shape index (κ2) is 9.57. The Labute approximate surface area is 188 Å². The largest absolute Gasteiger partial charge is 0.489 e. The van der Waals surface area contributed by atoms with Gasteiger partial charge in [0.15, 0.2) is 11.3 Å². The first kappa shape index (κ1) is 23.5. The Morgan fingerprint density at radius 3 is 2.03 bits per heavy atom. The molecule has 1 N–H and O–H groups in total. The third-order valence-corrected chi connectivity index (χ3v) is 4.79. The lowest BCUT2D eigenvalue weighted by atomic mass is 10.0. The Morgan fingerprint density at radius 2 is 1.42 bits per heavy atom. The first-order valence-corrected chi connectivity index (χ1v) is 9.85. The summed E-state index contributed by atoms with van der Waals surface area (Å²) < 4.78 is 44.7. The molecule has 1 amide bonds. The smallest absolute Gasteiger partial charge is 0.419 e. The van der Waals surface area contributed by atoms with Crippen LogP contribution in [-0.4, -0.2) is 23.8 Å². The molecule has 0 saturated heterocycles. The minimum atomic E-state index is -4.62. The van der Waals surface area contributed by atoms with Crippen molar-refractivity contribution in [2.45, 2.75) is 18.6 Å². The molecule has 5 nitrogen and oxygen atoms in total. The maximum Gasteiger partial charge on any atom is 0.419 e. The van der Waals surface area contributed by atoms with Crippen molar-refractivity contribution in [2.75, 3.05) is 6.61 Å². The number of nitriles is 1. The number of amides is 1. The van der Waals surface area contributed by atoms with Gasteiger partial charge in [-0.1, -0.05) is 54.6 Å². The lowest BCUT2D eigenvalue weighted by Gasteiger charge is -2.24. The van der Waals surface area contributed by atoms with Crippen molar-refractivity contribution < 1.29 is 27.5 Å². The van der Waals surface area contributed by atoms with Crippen LogP contribution in [0, 0.1) is 11.3 Å².